The maximum atomic E-state index is 11.6. The van der Waals surface area contributed by atoms with E-state index < -0.39 is 10.8 Å². The van der Waals surface area contributed by atoms with Crippen molar-refractivity contribution in [3.8, 4) is 0 Å². The Morgan fingerprint density at radius 1 is 1.42 bits per heavy atom. The minimum absolute atomic E-state index is 0.0208. The molecule has 0 heterocycles. The zero-order valence-corrected chi connectivity index (χ0v) is 12.1. The van der Waals surface area contributed by atoms with E-state index in [4.69, 9.17) is 5.73 Å². The molecule has 1 aromatic carbocycles. The van der Waals surface area contributed by atoms with Gasteiger partial charge in [0.1, 0.15) is 0 Å². The molecule has 104 valence electrons. The van der Waals surface area contributed by atoms with Crippen molar-refractivity contribution < 1.29 is 9.00 Å². The van der Waals surface area contributed by atoms with E-state index in [0.29, 0.717) is 17.9 Å². The maximum Gasteiger partial charge on any atom is 0.244 e. The van der Waals surface area contributed by atoms with E-state index in [0.717, 1.165) is 5.56 Å². The van der Waals surface area contributed by atoms with Crippen LogP contribution in [0.5, 0.6) is 0 Å². The Balaban J connectivity index is 2.42. The molecule has 1 amide bonds. The highest BCUT2D eigenvalue weighted by molar-refractivity contribution is 7.84. The van der Waals surface area contributed by atoms with Gasteiger partial charge in [-0.2, -0.15) is 0 Å². The summed E-state index contributed by atoms with van der Waals surface area (Å²) in [7, 11) is -0.818. The molecule has 0 aliphatic rings. The lowest BCUT2D eigenvalue weighted by atomic mass is 10.2. The molecule has 0 fully saturated rings. The summed E-state index contributed by atoms with van der Waals surface area (Å²) in [6.07, 6.45) is 5.60. The van der Waals surface area contributed by atoms with Crippen LogP contribution in [0.2, 0.25) is 0 Å². The molecule has 0 aliphatic heterocycles. The van der Waals surface area contributed by atoms with Crippen LogP contribution in [0.15, 0.2) is 30.3 Å². The average Bonchev–Trinajstić information content (AvgIpc) is 2.36. The van der Waals surface area contributed by atoms with Crippen LogP contribution in [-0.4, -0.2) is 28.2 Å². The lowest BCUT2D eigenvalue weighted by Crippen LogP contribution is -2.32. The van der Waals surface area contributed by atoms with Gasteiger partial charge >= 0.3 is 0 Å². The molecule has 3 N–H and O–H groups in total. The minimum Gasteiger partial charge on any atom is -0.399 e. The fraction of sp³-hybridized carbons (Fsp3) is 0.357. The Labute approximate surface area is 116 Å². The quantitative estimate of drug-likeness (QED) is 0.613. The first-order valence-electron chi connectivity index (χ1n) is 6.11. The Hall–Kier alpha value is -1.62. The van der Waals surface area contributed by atoms with Gasteiger partial charge in [-0.05, 0) is 37.1 Å². The lowest BCUT2D eigenvalue weighted by molar-refractivity contribution is -0.117. The summed E-state index contributed by atoms with van der Waals surface area (Å²) in [6.45, 7) is 1.90. The van der Waals surface area contributed by atoms with Gasteiger partial charge in [-0.1, -0.05) is 12.1 Å². The SMILES string of the molecule is CC(CCS(C)=O)NC(=O)/C=C/c1ccc(N)cc1. The van der Waals surface area contributed by atoms with Crippen LogP contribution in [0.4, 0.5) is 5.69 Å². The van der Waals surface area contributed by atoms with Crippen LogP contribution in [0.3, 0.4) is 0 Å². The zero-order chi connectivity index (χ0) is 14.3. The van der Waals surface area contributed by atoms with E-state index in [1.807, 2.05) is 19.1 Å². The monoisotopic (exact) mass is 280 g/mol. The zero-order valence-electron chi connectivity index (χ0n) is 11.3. The Morgan fingerprint density at radius 3 is 2.63 bits per heavy atom. The number of nitrogens with one attached hydrogen (secondary N) is 1. The molecule has 0 saturated heterocycles. The second-order valence-corrected chi connectivity index (χ2v) is 6.03. The number of benzene rings is 1. The fourth-order valence-corrected chi connectivity index (χ4v) is 2.17. The summed E-state index contributed by atoms with van der Waals surface area (Å²) in [4.78, 5) is 11.6. The van der Waals surface area contributed by atoms with Crippen LogP contribution in [0.25, 0.3) is 6.08 Å². The van der Waals surface area contributed by atoms with E-state index in [1.54, 1.807) is 24.5 Å². The van der Waals surface area contributed by atoms with Crippen molar-refractivity contribution in [1.82, 2.24) is 5.32 Å². The fourth-order valence-electron chi connectivity index (χ4n) is 1.48. The summed E-state index contributed by atoms with van der Waals surface area (Å²) in [5.74, 6) is 0.453. The highest BCUT2D eigenvalue weighted by Crippen LogP contribution is 2.06. The summed E-state index contributed by atoms with van der Waals surface area (Å²) < 4.78 is 10.9. The van der Waals surface area contributed by atoms with Gasteiger partial charge < -0.3 is 11.1 Å². The predicted molar refractivity (Wildman–Crippen MR) is 81.0 cm³/mol. The second-order valence-electron chi connectivity index (χ2n) is 4.48. The van der Waals surface area contributed by atoms with E-state index in [2.05, 4.69) is 5.32 Å². The molecule has 0 aromatic heterocycles. The molecule has 2 atom stereocenters. The first kappa shape index (κ1) is 15.4. The van der Waals surface area contributed by atoms with Crippen LogP contribution in [0.1, 0.15) is 18.9 Å². The molecular formula is C14H20N2O2S. The minimum atomic E-state index is -0.818. The number of amides is 1. The Kier molecular flexibility index (Phi) is 6.29. The molecule has 4 nitrogen and oxygen atoms in total. The molecule has 1 aromatic rings. The highest BCUT2D eigenvalue weighted by Gasteiger charge is 2.05. The largest absolute Gasteiger partial charge is 0.399 e. The molecule has 0 radical (unpaired) electrons. The van der Waals surface area contributed by atoms with Crippen molar-refractivity contribution in [2.75, 3.05) is 17.7 Å². The Morgan fingerprint density at radius 2 is 2.05 bits per heavy atom. The molecule has 0 spiro atoms. The van der Waals surface area contributed by atoms with Crippen LogP contribution in [0, 0.1) is 0 Å². The van der Waals surface area contributed by atoms with Gasteiger partial charge in [0.25, 0.3) is 0 Å². The maximum absolute atomic E-state index is 11.6. The lowest BCUT2D eigenvalue weighted by Gasteiger charge is -2.11. The number of hydrogen-bond acceptors (Lipinski definition) is 3. The number of rotatable bonds is 6. The van der Waals surface area contributed by atoms with Gasteiger partial charge in [0.2, 0.25) is 5.91 Å². The van der Waals surface area contributed by atoms with Crippen molar-refractivity contribution in [3.63, 3.8) is 0 Å². The van der Waals surface area contributed by atoms with Crippen LogP contribution >= 0.6 is 0 Å². The third kappa shape index (κ3) is 6.76. The van der Waals surface area contributed by atoms with Crippen molar-refractivity contribution >= 4 is 28.5 Å². The van der Waals surface area contributed by atoms with E-state index in [9.17, 15) is 9.00 Å². The molecule has 5 heteroatoms. The standard InChI is InChI=1S/C14H20N2O2S/c1-11(9-10-19(2)18)16-14(17)8-5-12-3-6-13(15)7-4-12/h3-8,11H,9-10,15H2,1-2H3,(H,16,17)/b8-5+. The van der Waals surface area contributed by atoms with Gasteiger partial charge in [-0.15, -0.1) is 0 Å². The van der Waals surface area contributed by atoms with Crippen LogP contribution < -0.4 is 11.1 Å². The van der Waals surface area contributed by atoms with Crippen molar-refractivity contribution in [3.05, 3.63) is 35.9 Å². The van der Waals surface area contributed by atoms with E-state index in [-0.39, 0.29) is 11.9 Å². The molecule has 0 bridgehead atoms. The first-order valence-corrected chi connectivity index (χ1v) is 7.84. The van der Waals surface area contributed by atoms with Gasteiger partial charge in [0.15, 0.2) is 0 Å². The number of nitrogens with two attached hydrogens (primary N) is 1. The smallest absolute Gasteiger partial charge is 0.244 e. The number of carbonyl (C=O) groups is 1. The molecule has 0 saturated carbocycles. The van der Waals surface area contributed by atoms with Crippen LogP contribution in [-0.2, 0) is 15.6 Å². The third-order valence-electron chi connectivity index (χ3n) is 2.59. The topological polar surface area (TPSA) is 72.2 Å². The van der Waals surface area contributed by atoms with Crippen molar-refractivity contribution in [2.45, 2.75) is 19.4 Å². The normalized spacial score (nSPS) is 14.2. The highest BCUT2D eigenvalue weighted by atomic mass is 32.2. The van der Waals surface area contributed by atoms with Gasteiger partial charge in [-0.3, -0.25) is 9.00 Å². The summed E-state index contributed by atoms with van der Waals surface area (Å²) in [5, 5.41) is 2.83. The molecule has 2 unspecified atom stereocenters. The first-order chi connectivity index (χ1) is 8.97. The molecule has 19 heavy (non-hydrogen) atoms. The molecule has 0 aliphatic carbocycles. The number of hydrogen-bond donors (Lipinski definition) is 2. The average molecular weight is 280 g/mol. The van der Waals surface area contributed by atoms with Gasteiger partial charge in [0, 0.05) is 40.6 Å². The number of anilines is 1. The third-order valence-corrected chi connectivity index (χ3v) is 3.40. The Bertz CT molecular complexity index is 469. The number of nitrogen functional groups attached to an aromatic ring is 1. The van der Waals surface area contributed by atoms with Gasteiger partial charge in [-0.25, -0.2) is 0 Å². The summed E-state index contributed by atoms with van der Waals surface area (Å²) in [6, 6.07) is 7.30. The van der Waals surface area contributed by atoms with Crippen molar-refractivity contribution in [2.24, 2.45) is 0 Å². The van der Waals surface area contributed by atoms with Gasteiger partial charge in [0.05, 0.1) is 0 Å². The van der Waals surface area contributed by atoms with E-state index in [1.165, 1.54) is 6.08 Å². The summed E-state index contributed by atoms with van der Waals surface area (Å²) in [5.41, 5.74) is 7.20. The predicted octanol–water partition coefficient (Wildman–Crippen LogP) is 1.56. The molecular weight excluding hydrogens is 260 g/mol. The summed E-state index contributed by atoms with van der Waals surface area (Å²) >= 11 is 0. The van der Waals surface area contributed by atoms with Crippen molar-refractivity contribution in [1.29, 1.82) is 0 Å². The molecule has 1 rings (SSSR count). The number of carbonyl (C=O) groups excluding carboxylic acids is 1. The second kappa shape index (κ2) is 7.74. The van der Waals surface area contributed by atoms with E-state index >= 15 is 0 Å².